The molecule has 2 aliphatic rings. The van der Waals surface area contributed by atoms with Crippen LogP contribution in [0.3, 0.4) is 0 Å². The van der Waals surface area contributed by atoms with Crippen molar-refractivity contribution in [3.63, 3.8) is 0 Å². The van der Waals surface area contributed by atoms with E-state index in [-0.39, 0.29) is 19.7 Å². The topological polar surface area (TPSA) is 125 Å². The summed E-state index contributed by atoms with van der Waals surface area (Å²) in [5.74, 6) is 0. The van der Waals surface area contributed by atoms with Crippen molar-refractivity contribution >= 4 is 22.1 Å². The Morgan fingerprint density at radius 2 is 2.24 bits per heavy atom. The Kier molecular flexibility index (Phi) is 3.20. The molecule has 1 fully saturated rings. The number of hydrogen-bond acceptors (Lipinski definition) is 6. The summed E-state index contributed by atoms with van der Waals surface area (Å²) in [4.78, 5) is 13.3. The molecule has 0 radical (unpaired) electrons. The quantitative estimate of drug-likeness (QED) is 0.687. The molecule has 3 heterocycles. The van der Waals surface area contributed by atoms with Crippen molar-refractivity contribution in [3.8, 4) is 0 Å². The normalized spacial score (nSPS) is 21.9. The summed E-state index contributed by atoms with van der Waals surface area (Å²) in [5.41, 5.74) is 1.11. The molecule has 2 N–H and O–H groups in total. The molecule has 21 heavy (non-hydrogen) atoms. The summed E-state index contributed by atoms with van der Waals surface area (Å²) >= 11 is 0. The number of rotatable bonds is 4. The van der Waals surface area contributed by atoms with E-state index in [1.165, 1.54) is 9.58 Å². The number of aliphatic hydroxyl groups is 1. The molecule has 1 aromatic heterocycles. The number of hydrogen-bond donors (Lipinski definition) is 2. The molecular formula is C10H12N4O6S. The second kappa shape index (κ2) is 4.80. The first-order chi connectivity index (χ1) is 9.87. The Hall–Kier alpha value is -1.95. The molecule has 1 atom stereocenters. The van der Waals surface area contributed by atoms with Crippen LogP contribution in [-0.2, 0) is 21.3 Å². The van der Waals surface area contributed by atoms with E-state index in [0.717, 1.165) is 0 Å². The second-order valence-electron chi connectivity index (χ2n) is 4.63. The van der Waals surface area contributed by atoms with E-state index in [4.69, 9.17) is 9.66 Å². The highest BCUT2D eigenvalue weighted by molar-refractivity contribution is 7.80. The average Bonchev–Trinajstić information content (AvgIpc) is 2.97. The number of aliphatic hydroxyl groups excluding tert-OH is 1. The fraction of sp³-hybridized carbons (Fsp3) is 0.400. The zero-order valence-electron chi connectivity index (χ0n) is 10.7. The first-order valence-corrected chi connectivity index (χ1v) is 7.35. The molecule has 0 saturated carbocycles. The van der Waals surface area contributed by atoms with Crippen molar-refractivity contribution in [2.24, 2.45) is 0 Å². The van der Waals surface area contributed by atoms with Crippen LogP contribution in [0.15, 0.2) is 18.3 Å². The minimum atomic E-state index is -4.77. The molecule has 1 aromatic rings. The predicted molar refractivity (Wildman–Crippen MR) is 67.7 cm³/mol. The molecule has 10 nitrogen and oxygen atoms in total. The van der Waals surface area contributed by atoms with E-state index in [0.29, 0.717) is 16.5 Å². The van der Waals surface area contributed by atoms with Gasteiger partial charge in [0.05, 0.1) is 24.5 Å². The smallest absolute Gasteiger partial charge is 0.390 e. The number of fused-ring (bicyclic) bond motifs is 2. The minimum Gasteiger partial charge on any atom is -0.390 e. The van der Waals surface area contributed by atoms with Gasteiger partial charge >= 0.3 is 16.4 Å². The number of hydroxylamine groups is 2. The van der Waals surface area contributed by atoms with Gasteiger partial charge in [0.15, 0.2) is 0 Å². The maximum Gasteiger partial charge on any atom is 0.418 e. The van der Waals surface area contributed by atoms with Crippen LogP contribution in [0.25, 0.3) is 5.70 Å². The minimum absolute atomic E-state index is 0.204. The van der Waals surface area contributed by atoms with E-state index >= 15 is 0 Å². The summed E-state index contributed by atoms with van der Waals surface area (Å²) in [6.07, 6.45) is 3.25. The van der Waals surface area contributed by atoms with Gasteiger partial charge < -0.3 is 10.0 Å². The molecule has 1 unspecified atom stereocenters. The Balaban J connectivity index is 1.88. The fourth-order valence-electron chi connectivity index (χ4n) is 2.33. The summed E-state index contributed by atoms with van der Waals surface area (Å²) in [6.45, 7) is 0.267. The van der Waals surface area contributed by atoms with Crippen LogP contribution in [-0.4, -0.2) is 63.0 Å². The van der Waals surface area contributed by atoms with Crippen LogP contribution >= 0.6 is 0 Å². The van der Waals surface area contributed by atoms with Crippen molar-refractivity contribution < 1.29 is 27.2 Å². The average molecular weight is 316 g/mol. The SMILES string of the molecule is O=C1N2CC(n3ccc(CO)n3)=CC(C2)N1OS(=O)(=O)O. The third kappa shape index (κ3) is 2.63. The molecule has 0 aromatic carbocycles. The van der Waals surface area contributed by atoms with Crippen molar-refractivity contribution in [3.05, 3.63) is 24.0 Å². The number of carbonyl (C=O) groups is 1. The summed E-state index contributed by atoms with van der Waals surface area (Å²) in [5, 5.41) is 13.7. The number of amides is 2. The molecule has 114 valence electrons. The monoisotopic (exact) mass is 316 g/mol. The highest BCUT2D eigenvalue weighted by Gasteiger charge is 2.43. The second-order valence-corrected chi connectivity index (χ2v) is 5.63. The number of nitrogens with zero attached hydrogens (tertiary/aromatic N) is 4. The standard InChI is InChI=1S/C10H12N4O6S/c15-6-7-1-2-13(11-7)8-3-9-5-12(4-8)10(16)14(9)20-21(17,18)19/h1-3,9,15H,4-6H2,(H,17,18,19). The van der Waals surface area contributed by atoms with Crippen molar-refractivity contribution in [2.45, 2.75) is 12.6 Å². The van der Waals surface area contributed by atoms with Crippen LogP contribution in [0.4, 0.5) is 4.79 Å². The molecule has 0 aliphatic carbocycles. The van der Waals surface area contributed by atoms with E-state index < -0.39 is 22.5 Å². The molecule has 2 bridgehead atoms. The molecule has 0 spiro atoms. The van der Waals surface area contributed by atoms with Gasteiger partial charge in [-0.2, -0.15) is 18.6 Å². The highest BCUT2D eigenvalue weighted by Crippen LogP contribution is 2.27. The lowest BCUT2D eigenvalue weighted by atomic mass is 10.2. The highest BCUT2D eigenvalue weighted by atomic mass is 32.3. The van der Waals surface area contributed by atoms with Crippen LogP contribution in [0.2, 0.25) is 0 Å². The zero-order chi connectivity index (χ0) is 15.2. The Bertz CT molecular complexity index is 711. The van der Waals surface area contributed by atoms with Crippen LogP contribution in [0.5, 0.6) is 0 Å². The van der Waals surface area contributed by atoms with E-state index in [2.05, 4.69) is 9.38 Å². The van der Waals surface area contributed by atoms with Crippen molar-refractivity contribution in [2.75, 3.05) is 13.1 Å². The maximum atomic E-state index is 12.0. The summed E-state index contributed by atoms with van der Waals surface area (Å²) < 4.78 is 36.0. The number of urea groups is 1. The third-order valence-corrected chi connectivity index (χ3v) is 3.53. The lowest BCUT2D eigenvalue weighted by molar-refractivity contribution is -0.0183. The number of carbonyl (C=O) groups excluding carboxylic acids is 1. The first kappa shape index (κ1) is 14.0. The number of aromatic nitrogens is 2. The van der Waals surface area contributed by atoms with Gasteiger partial charge in [0.1, 0.15) is 6.04 Å². The van der Waals surface area contributed by atoms with Gasteiger partial charge in [-0.15, -0.1) is 4.28 Å². The molecule has 2 amide bonds. The fourth-order valence-corrected chi connectivity index (χ4v) is 2.70. The first-order valence-electron chi connectivity index (χ1n) is 5.99. The summed E-state index contributed by atoms with van der Waals surface area (Å²) in [7, 11) is -4.77. The van der Waals surface area contributed by atoms with Gasteiger partial charge in [0.2, 0.25) is 0 Å². The molecule has 11 heteroatoms. The van der Waals surface area contributed by atoms with Gasteiger partial charge in [0, 0.05) is 12.7 Å². The molecular weight excluding hydrogens is 304 g/mol. The van der Waals surface area contributed by atoms with Crippen molar-refractivity contribution in [1.29, 1.82) is 0 Å². The van der Waals surface area contributed by atoms with Crippen LogP contribution in [0, 0.1) is 0 Å². The van der Waals surface area contributed by atoms with Crippen LogP contribution < -0.4 is 0 Å². The Morgan fingerprint density at radius 1 is 1.48 bits per heavy atom. The lowest BCUT2D eigenvalue weighted by Gasteiger charge is -2.20. The van der Waals surface area contributed by atoms with E-state index in [9.17, 15) is 13.2 Å². The Labute approximate surface area is 119 Å². The van der Waals surface area contributed by atoms with Crippen LogP contribution in [0.1, 0.15) is 5.69 Å². The Morgan fingerprint density at radius 3 is 2.86 bits per heavy atom. The summed E-state index contributed by atoms with van der Waals surface area (Å²) in [6, 6.07) is 0.324. The predicted octanol–water partition coefficient (Wildman–Crippen LogP) is -0.929. The molecule has 2 aliphatic heterocycles. The molecule has 1 saturated heterocycles. The lowest BCUT2D eigenvalue weighted by Crippen LogP contribution is -2.35. The van der Waals surface area contributed by atoms with Gasteiger partial charge in [-0.05, 0) is 12.1 Å². The van der Waals surface area contributed by atoms with E-state index in [1.54, 1.807) is 18.3 Å². The van der Waals surface area contributed by atoms with Gasteiger partial charge in [-0.1, -0.05) is 0 Å². The van der Waals surface area contributed by atoms with Crippen molar-refractivity contribution in [1.82, 2.24) is 19.7 Å². The third-order valence-electron chi connectivity index (χ3n) is 3.18. The molecule has 3 rings (SSSR count). The van der Waals surface area contributed by atoms with Gasteiger partial charge in [-0.25, -0.2) is 9.48 Å². The van der Waals surface area contributed by atoms with Gasteiger partial charge in [-0.3, -0.25) is 4.55 Å². The zero-order valence-corrected chi connectivity index (χ0v) is 11.5. The van der Waals surface area contributed by atoms with Gasteiger partial charge in [0.25, 0.3) is 0 Å². The van der Waals surface area contributed by atoms with E-state index in [1.807, 2.05) is 0 Å². The largest absolute Gasteiger partial charge is 0.418 e. The maximum absolute atomic E-state index is 12.0.